The molecule has 0 radical (unpaired) electrons. The van der Waals surface area contributed by atoms with E-state index in [9.17, 15) is 5.11 Å². The van der Waals surface area contributed by atoms with E-state index in [4.69, 9.17) is 24.1 Å². The monoisotopic (exact) mass is 496 g/mol. The third-order valence-corrected chi connectivity index (χ3v) is 6.60. The molecule has 1 saturated carbocycles. The first-order chi connectivity index (χ1) is 17.5. The normalized spacial score (nSPS) is 14.8. The lowest BCUT2D eigenvalue weighted by Gasteiger charge is -2.16. The summed E-state index contributed by atoms with van der Waals surface area (Å²) < 4.78 is 17.1. The number of ether oxygens (including phenoxy) is 2. The van der Waals surface area contributed by atoms with E-state index in [0.717, 1.165) is 53.0 Å². The Bertz CT molecular complexity index is 1140. The van der Waals surface area contributed by atoms with Crippen molar-refractivity contribution in [2.75, 3.05) is 26.9 Å². The van der Waals surface area contributed by atoms with Gasteiger partial charge in [-0.2, -0.15) is 4.98 Å². The van der Waals surface area contributed by atoms with Gasteiger partial charge in [-0.05, 0) is 55.5 Å². The van der Waals surface area contributed by atoms with Crippen LogP contribution in [-0.2, 0) is 6.42 Å². The van der Waals surface area contributed by atoms with E-state index in [1.54, 1.807) is 7.11 Å². The van der Waals surface area contributed by atoms with Gasteiger partial charge in [-0.15, -0.1) is 0 Å². The molecule has 1 unspecified atom stereocenters. The molecule has 0 bridgehead atoms. The molecule has 1 aliphatic carbocycles. The molecular formula is C27H36N4O5. The highest BCUT2D eigenvalue weighted by molar-refractivity contribution is 5.64. The maximum Gasteiger partial charge on any atom is 0.258 e. The summed E-state index contributed by atoms with van der Waals surface area (Å²) in [4.78, 5) is 9.35. The van der Waals surface area contributed by atoms with Crippen LogP contribution >= 0.6 is 0 Å². The van der Waals surface area contributed by atoms with Gasteiger partial charge < -0.3 is 24.2 Å². The van der Waals surface area contributed by atoms with E-state index in [1.807, 2.05) is 31.2 Å². The van der Waals surface area contributed by atoms with E-state index < -0.39 is 6.23 Å². The minimum Gasteiger partial charge on any atom is -0.492 e. The van der Waals surface area contributed by atoms with Gasteiger partial charge in [-0.1, -0.05) is 24.9 Å². The van der Waals surface area contributed by atoms with Crippen molar-refractivity contribution in [2.45, 2.75) is 64.5 Å². The van der Waals surface area contributed by atoms with Crippen LogP contribution in [0.1, 0.15) is 61.8 Å². The number of pyridine rings is 1. The molecule has 9 nitrogen and oxygen atoms in total. The Balaban J connectivity index is 1.52. The zero-order valence-electron chi connectivity index (χ0n) is 21.3. The van der Waals surface area contributed by atoms with Crippen molar-refractivity contribution in [2.24, 2.45) is 0 Å². The molecule has 2 aromatic heterocycles. The number of aryl methyl sites for hydroxylation is 2. The fourth-order valence-electron chi connectivity index (χ4n) is 4.69. The van der Waals surface area contributed by atoms with E-state index in [1.165, 1.54) is 12.8 Å². The van der Waals surface area contributed by atoms with Crippen molar-refractivity contribution in [1.29, 1.82) is 0 Å². The van der Waals surface area contributed by atoms with Crippen LogP contribution in [0.4, 0.5) is 0 Å². The summed E-state index contributed by atoms with van der Waals surface area (Å²) >= 11 is 0. The van der Waals surface area contributed by atoms with Gasteiger partial charge in [-0.25, -0.2) is 4.98 Å². The van der Waals surface area contributed by atoms with Gasteiger partial charge in [0.1, 0.15) is 18.6 Å². The van der Waals surface area contributed by atoms with Crippen molar-refractivity contribution in [1.82, 2.24) is 20.4 Å². The van der Waals surface area contributed by atoms with Crippen LogP contribution in [0, 0.1) is 6.92 Å². The number of rotatable bonds is 12. The van der Waals surface area contributed by atoms with Crippen molar-refractivity contribution in [3.05, 3.63) is 41.1 Å². The fraction of sp³-hybridized carbons (Fsp3) is 0.519. The van der Waals surface area contributed by atoms with Gasteiger partial charge in [0.25, 0.3) is 5.89 Å². The average Bonchev–Trinajstić information content (AvgIpc) is 3.60. The zero-order chi connectivity index (χ0) is 25.5. The standard InChI is InChI=1S/C27H36N4O5/c1-4-18-14-20(13-17(2)25(18)35-12-10-28-23(33)9-11-32)26-30-27(36-31-26)21-15-22(19-7-5-6-8-19)29-24(16-21)34-3/h13-16,19,23,28,32-33H,4-12H2,1-3H3. The SMILES string of the molecule is CCc1cc(-c2noc(-c3cc(OC)nc(C4CCCC4)c3)n2)cc(C)c1OCCNC(O)CCO. The van der Waals surface area contributed by atoms with Gasteiger partial charge in [0.2, 0.25) is 11.7 Å². The Morgan fingerprint density at radius 3 is 2.67 bits per heavy atom. The predicted octanol–water partition coefficient (Wildman–Crippen LogP) is 4.00. The highest BCUT2D eigenvalue weighted by atomic mass is 16.5. The van der Waals surface area contributed by atoms with E-state index in [2.05, 4.69) is 22.4 Å². The van der Waals surface area contributed by atoms with Crippen LogP contribution in [0.2, 0.25) is 0 Å². The molecule has 2 heterocycles. The number of benzene rings is 1. The summed E-state index contributed by atoms with van der Waals surface area (Å²) in [6.07, 6.45) is 5.06. The Morgan fingerprint density at radius 2 is 1.94 bits per heavy atom. The largest absolute Gasteiger partial charge is 0.492 e. The third kappa shape index (κ3) is 6.21. The summed E-state index contributed by atoms with van der Waals surface area (Å²) in [5, 5.41) is 25.8. The molecule has 4 rings (SSSR count). The number of methoxy groups -OCH3 is 1. The smallest absolute Gasteiger partial charge is 0.258 e. The molecule has 194 valence electrons. The molecule has 0 saturated heterocycles. The molecule has 0 aliphatic heterocycles. The number of aliphatic hydroxyl groups is 2. The topological polar surface area (TPSA) is 123 Å². The molecule has 0 spiro atoms. The molecule has 1 aromatic carbocycles. The third-order valence-electron chi connectivity index (χ3n) is 6.60. The van der Waals surface area contributed by atoms with Crippen molar-refractivity contribution in [3.8, 4) is 34.5 Å². The fourth-order valence-corrected chi connectivity index (χ4v) is 4.69. The second-order valence-corrected chi connectivity index (χ2v) is 9.19. The second-order valence-electron chi connectivity index (χ2n) is 9.19. The molecule has 1 atom stereocenters. The number of hydrogen-bond donors (Lipinski definition) is 3. The molecule has 9 heteroatoms. The Labute approximate surface area is 211 Å². The zero-order valence-corrected chi connectivity index (χ0v) is 21.3. The van der Waals surface area contributed by atoms with Gasteiger partial charge in [-0.3, -0.25) is 5.32 Å². The van der Waals surface area contributed by atoms with Crippen LogP contribution in [0.25, 0.3) is 22.8 Å². The highest BCUT2D eigenvalue weighted by Gasteiger charge is 2.22. The lowest BCUT2D eigenvalue weighted by atomic mass is 10.0. The Morgan fingerprint density at radius 1 is 1.14 bits per heavy atom. The van der Waals surface area contributed by atoms with Crippen LogP contribution in [0.15, 0.2) is 28.8 Å². The molecule has 1 aliphatic rings. The quantitative estimate of drug-likeness (QED) is 0.252. The maximum atomic E-state index is 9.69. The van der Waals surface area contributed by atoms with Crippen molar-refractivity contribution in [3.63, 3.8) is 0 Å². The summed E-state index contributed by atoms with van der Waals surface area (Å²) in [6.45, 7) is 4.87. The van der Waals surface area contributed by atoms with Crippen LogP contribution < -0.4 is 14.8 Å². The van der Waals surface area contributed by atoms with Gasteiger partial charge in [0.15, 0.2) is 0 Å². The highest BCUT2D eigenvalue weighted by Crippen LogP contribution is 2.36. The Hall–Kier alpha value is -3.01. The van der Waals surface area contributed by atoms with Crippen LogP contribution in [0.3, 0.4) is 0 Å². The first-order valence-corrected chi connectivity index (χ1v) is 12.7. The molecule has 36 heavy (non-hydrogen) atoms. The summed E-state index contributed by atoms with van der Waals surface area (Å²) in [5.41, 5.74) is 4.71. The summed E-state index contributed by atoms with van der Waals surface area (Å²) in [7, 11) is 1.62. The van der Waals surface area contributed by atoms with Gasteiger partial charge >= 0.3 is 0 Å². The number of aromatic nitrogens is 3. The average molecular weight is 497 g/mol. The van der Waals surface area contributed by atoms with Gasteiger partial charge in [0, 0.05) is 48.4 Å². The van der Waals surface area contributed by atoms with Gasteiger partial charge in [0.05, 0.1) is 7.11 Å². The predicted molar refractivity (Wildman–Crippen MR) is 136 cm³/mol. The van der Waals surface area contributed by atoms with Crippen molar-refractivity contribution >= 4 is 0 Å². The maximum absolute atomic E-state index is 9.69. The number of aliphatic hydroxyl groups excluding tert-OH is 2. The summed E-state index contributed by atoms with van der Waals surface area (Å²) in [5.74, 6) is 2.77. The van der Waals surface area contributed by atoms with E-state index >= 15 is 0 Å². The first kappa shape index (κ1) is 26.1. The molecule has 3 N–H and O–H groups in total. The first-order valence-electron chi connectivity index (χ1n) is 12.7. The van der Waals surface area contributed by atoms with Crippen LogP contribution in [-0.4, -0.2) is 58.4 Å². The minimum atomic E-state index is -0.741. The summed E-state index contributed by atoms with van der Waals surface area (Å²) in [6, 6.07) is 7.90. The number of nitrogens with zero attached hydrogens (tertiary/aromatic N) is 3. The van der Waals surface area contributed by atoms with Crippen molar-refractivity contribution < 1.29 is 24.2 Å². The van der Waals surface area contributed by atoms with E-state index in [0.29, 0.717) is 36.7 Å². The Kier molecular flexibility index (Phi) is 8.90. The molecule has 0 amide bonds. The van der Waals surface area contributed by atoms with E-state index in [-0.39, 0.29) is 13.0 Å². The lowest BCUT2D eigenvalue weighted by molar-refractivity contribution is 0.0981. The lowest BCUT2D eigenvalue weighted by Crippen LogP contribution is -2.33. The minimum absolute atomic E-state index is 0.0657. The second kappa shape index (κ2) is 12.3. The number of nitrogens with one attached hydrogen (secondary N) is 1. The molecular weight excluding hydrogens is 460 g/mol. The molecule has 1 fully saturated rings. The van der Waals surface area contributed by atoms with Crippen LogP contribution in [0.5, 0.6) is 11.6 Å². The molecule has 3 aromatic rings. The number of hydrogen-bond acceptors (Lipinski definition) is 9.